The van der Waals surface area contributed by atoms with Gasteiger partial charge in [-0.2, -0.15) is 13.2 Å². The molecule has 5 heteroatoms. The van der Waals surface area contributed by atoms with Crippen LogP contribution in [0.2, 0.25) is 0 Å². The Morgan fingerprint density at radius 1 is 1.11 bits per heavy atom. The van der Waals surface area contributed by atoms with E-state index in [0.29, 0.717) is 5.39 Å². The van der Waals surface area contributed by atoms with Crippen molar-refractivity contribution >= 4 is 16.6 Å². The highest BCUT2D eigenvalue weighted by atomic mass is 19.4. The fourth-order valence-corrected chi connectivity index (χ4v) is 1.51. The lowest BCUT2D eigenvalue weighted by molar-refractivity contribution is -0.140. The maximum absolute atomic E-state index is 12.5. The summed E-state index contributed by atoms with van der Waals surface area (Å²) in [7, 11) is 0. The fourth-order valence-electron chi connectivity index (χ4n) is 1.51. The molecule has 0 saturated heterocycles. The Balaban J connectivity index is 0.000000771. The molecule has 0 aliphatic rings. The van der Waals surface area contributed by atoms with Crippen molar-refractivity contribution < 1.29 is 13.2 Å². The maximum atomic E-state index is 12.5. The van der Waals surface area contributed by atoms with E-state index in [1.54, 1.807) is 12.1 Å². The number of aryl methyl sites for hydroxylation is 1. The van der Waals surface area contributed by atoms with Gasteiger partial charge in [0.05, 0.1) is 5.52 Å². The number of alkyl halides is 3. The molecule has 0 atom stereocenters. The first-order valence-electron chi connectivity index (χ1n) is 5.62. The summed E-state index contributed by atoms with van der Waals surface area (Å²) >= 11 is 0. The summed E-state index contributed by atoms with van der Waals surface area (Å²) in [6, 6.07) is 5.82. The summed E-state index contributed by atoms with van der Waals surface area (Å²) in [6.45, 7) is 5.84. The molecule has 0 saturated carbocycles. The van der Waals surface area contributed by atoms with Crippen molar-refractivity contribution in [2.24, 2.45) is 0 Å². The molecule has 0 bridgehead atoms. The first kappa shape index (κ1) is 14.3. The van der Waals surface area contributed by atoms with Crippen LogP contribution in [0.25, 0.3) is 10.9 Å². The molecule has 0 spiro atoms. The number of aromatic nitrogens is 1. The number of nitrogens with zero attached hydrogens (tertiary/aromatic N) is 1. The van der Waals surface area contributed by atoms with Gasteiger partial charge in [-0.05, 0) is 25.1 Å². The molecular weight excluding hydrogens is 241 g/mol. The van der Waals surface area contributed by atoms with Crippen molar-refractivity contribution in [1.29, 1.82) is 0 Å². The summed E-state index contributed by atoms with van der Waals surface area (Å²) in [5.74, 6) is 0. The summed E-state index contributed by atoms with van der Waals surface area (Å²) in [5, 5.41) is 0.549. The van der Waals surface area contributed by atoms with Gasteiger partial charge in [-0.15, -0.1) is 0 Å². The lowest BCUT2D eigenvalue weighted by Crippen LogP contribution is -2.09. The van der Waals surface area contributed by atoms with Gasteiger partial charge in [0.1, 0.15) is 5.69 Å². The molecule has 1 aromatic heterocycles. The summed E-state index contributed by atoms with van der Waals surface area (Å²) in [5.41, 5.74) is 5.92. The van der Waals surface area contributed by atoms with E-state index < -0.39 is 11.9 Å². The Morgan fingerprint density at radius 2 is 1.72 bits per heavy atom. The molecule has 0 unspecified atom stereocenters. The molecule has 0 fully saturated rings. The Labute approximate surface area is 104 Å². The summed E-state index contributed by atoms with van der Waals surface area (Å²) in [4.78, 5) is 3.54. The van der Waals surface area contributed by atoms with E-state index in [4.69, 9.17) is 5.73 Å². The van der Waals surface area contributed by atoms with Gasteiger partial charge in [0.15, 0.2) is 0 Å². The molecule has 0 radical (unpaired) electrons. The van der Waals surface area contributed by atoms with Crippen LogP contribution in [0, 0.1) is 6.92 Å². The van der Waals surface area contributed by atoms with Gasteiger partial charge in [0.2, 0.25) is 0 Å². The molecule has 2 nitrogen and oxygen atoms in total. The average Bonchev–Trinajstić information content (AvgIpc) is 2.31. The van der Waals surface area contributed by atoms with Crippen LogP contribution in [0.3, 0.4) is 0 Å². The van der Waals surface area contributed by atoms with Crippen LogP contribution >= 0.6 is 0 Å². The molecule has 2 N–H and O–H groups in total. The molecule has 0 aliphatic carbocycles. The number of benzene rings is 1. The lowest BCUT2D eigenvalue weighted by atomic mass is 10.1. The zero-order chi connectivity index (χ0) is 13.9. The maximum Gasteiger partial charge on any atom is 0.433 e. The van der Waals surface area contributed by atoms with Crippen LogP contribution in [0.15, 0.2) is 24.3 Å². The molecule has 18 heavy (non-hydrogen) atoms. The number of nitrogens with two attached hydrogens (primary N) is 1. The molecule has 2 rings (SSSR count). The van der Waals surface area contributed by atoms with Gasteiger partial charge in [-0.25, -0.2) is 4.98 Å². The van der Waals surface area contributed by atoms with Crippen molar-refractivity contribution in [3.05, 3.63) is 35.5 Å². The van der Waals surface area contributed by atoms with Gasteiger partial charge >= 0.3 is 6.18 Å². The molecule has 1 aromatic carbocycles. The SMILES string of the molecule is CC.Cc1ccc2nc(C(F)(F)F)cc(N)c2c1. The Hall–Kier alpha value is -1.78. The van der Waals surface area contributed by atoms with Crippen LogP contribution in [-0.2, 0) is 6.18 Å². The van der Waals surface area contributed by atoms with E-state index in [-0.39, 0.29) is 11.2 Å². The summed E-state index contributed by atoms with van der Waals surface area (Å²) < 4.78 is 37.4. The second kappa shape index (κ2) is 5.25. The van der Waals surface area contributed by atoms with Crippen LogP contribution in [-0.4, -0.2) is 4.98 Å². The lowest BCUT2D eigenvalue weighted by Gasteiger charge is -2.09. The predicted molar refractivity (Wildman–Crippen MR) is 67.2 cm³/mol. The zero-order valence-corrected chi connectivity index (χ0v) is 10.5. The Morgan fingerprint density at radius 3 is 2.28 bits per heavy atom. The first-order chi connectivity index (χ1) is 8.38. The second-order valence-corrected chi connectivity index (χ2v) is 3.62. The normalized spacial score (nSPS) is 11.0. The van der Waals surface area contributed by atoms with Gasteiger partial charge in [-0.1, -0.05) is 25.5 Å². The monoisotopic (exact) mass is 256 g/mol. The van der Waals surface area contributed by atoms with Gasteiger partial charge < -0.3 is 5.73 Å². The van der Waals surface area contributed by atoms with Crippen molar-refractivity contribution in [3.8, 4) is 0 Å². The quantitative estimate of drug-likeness (QED) is 0.768. The molecular formula is C13H15F3N2. The van der Waals surface area contributed by atoms with Crippen LogP contribution < -0.4 is 5.73 Å². The van der Waals surface area contributed by atoms with E-state index in [1.165, 1.54) is 6.07 Å². The number of halogens is 3. The van der Waals surface area contributed by atoms with Crippen molar-refractivity contribution in [3.63, 3.8) is 0 Å². The van der Waals surface area contributed by atoms with E-state index in [1.807, 2.05) is 20.8 Å². The van der Waals surface area contributed by atoms with Gasteiger partial charge in [-0.3, -0.25) is 0 Å². The Kier molecular flexibility index (Phi) is 4.16. The molecule has 0 aliphatic heterocycles. The van der Waals surface area contributed by atoms with Gasteiger partial charge in [0.25, 0.3) is 0 Å². The molecule has 0 amide bonds. The summed E-state index contributed by atoms with van der Waals surface area (Å²) in [6.07, 6.45) is -4.47. The van der Waals surface area contributed by atoms with Crippen molar-refractivity contribution in [2.75, 3.05) is 5.73 Å². The smallest absolute Gasteiger partial charge is 0.398 e. The third-order valence-electron chi connectivity index (χ3n) is 2.29. The van der Waals surface area contributed by atoms with Crippen LogP contribution in [0.5, 0.6) is 0 Å². The Bertz CT molecular complexity index is 548. The number of rotatable bonds is 0. The second-order valence-electron chi connectivity index (χ2n) is 3.62. The number of hydrogen-bond acceptors (Lipinski definition) is 2. The van der Waals surface area contributed by atoms with E-state index in [0.717, 1.165) is 11.6 Å². The van der Waals surface area contributed by atoms with Crippen LogP contribution in [0.4, 0.5) is 18.9 Å². The average molecular weight is 256 g/mol. The minimum Gasteiger partial charge on any atom is -0.398 e. The number of anilines is 1. The third-order valence-corrected chi connectivity index (χ3v) is 2.29. The highest BCUT2D eigenvalue weighted by Gasteiger charge is 2.33. The minimum absolute atomic E-state index is 0.0982. The molecule has 1 heterocycles. The molecule has 98 valence electrons. The van der Waals surface area contributed by atoms with E-state index >= 15 is 0 Å². The number of fused-ring (bicyclic) bond motifs is 1. The van der Waals surface area contributed by atoms with Crippen molar-refractivity contribution in [2.45, 2.75) is 26.9 Å². The van der Waals surface area contributed by atoms with Gasteiger partial charge in [0, 0.05) is 11.1 Å². The van der Waals surface area contributed by atoms with E-state index in [2.05, 4.69) is 4.98 Å². The number of pyridine rings is 1. The standard InChI is InChI=1S/C11H9F3N2.C2H6/c1-6-2-3-9-7(4-6)8(15)5-10(16-9)11(12,13)14;1-2/h2-5H,1H3,(H2,15,16);1-2H3. The van der Waals surface area contributed by atoms with E-state index in [9.17, 15) is 13.2 Å². The third kappa shape index (κ3) is 2.91. The predicted octanol–water partition coefficient (Wildman–Crippen LogP) is 4.17. The topological polar surface area (TPSA) is 38.9 Å². The van der Waals surface area contributed by atoms with Crippen molar-refractivity contribution in [1.82, 2.24) is 4.98 Å². The highest BCUT2D eigenvalue weighted by Crippen LogP contribution is 2.32. The number of hydrogen-bond donors (Lipinski definition) is 1. The first-order valence-corrected chi connectivity index (χ1v) is 5.62. The largest absolute Gasteiger partial charge is 0.433 e. The fraction of sp³-hybridized carbons (Fsp3) is 0.308. The highest BCUT2D eigenvalue weighted by molar-refractivity contribution is 5.90. The molecule has 2 aromatic rings. The zero-order valence-electron chi connectivity index (χ0n) is 10.5. The number of nitrogen functional groups attached to an aromatic ring is 1. The van der Waals surface area contributed by atoms with Crippen LogP contribution in [0.1, 0.15) is 25.1 Å². The minimum atomic E-state index is -4.47.